The topological polar surface area (TPSA) is 101 Å². The van der Waals surface area contributed by atoms with Gasteiger partial charge in [-0.25, -0.2) is 9.97 Å². The Morgan fingerprint density at radius 2 is 2.29 bits per heavy atom. The van der Waals surface area contributed by atoms with Crippen LogP contribution in [-0.4, -0.2) is 52.4 Å². The third kappa shape index (κ3) is 3.18. The quantitative estimate of drug-likeness (QED) is 0.794. The maximum atomic E-state index is 12.7. The van der Waals surface area contributed by atoms with Gasteiger partial charge in [0.25, 0.3) is 5.91 Å². The number of amides is 2. The number of likely N-dealkylation sites (tertiary alicyclic amines) is 1. The lowest BCUT2D eigenvalue weighted by atomic mass is 10.1. The molecule has 0 bridgehead atoms. The number of nitrogens with one attached hydrogen (secondary N) is 1. The summed E-state index contributed by atoms with van der Waals surface area (Å²) in [4.78, 5) is 34.3. The largest absolute Gasteiger partial charge is 0.357 e. The van der Waals surface area contributed by atoms with Crippen LogP contribution in [0, 0.1) is 0 Å². The van der Waals surface area contributed by atoms with Crippen molar-refractivity contribution in [3.8, 4) is 0 Å². The number of nitrogens with two attached hydrogens (primary N) is 1. The Bertz CT molecular complexity index is 534. The van der Waals surface area contributed by atoms with E-state index >= 15 is 0 Å². The molecule has 1 fully saturated rings. The highest BCUT2D eigenvalue weighted by molar-refractivity contribution is 5.98. The molecule has 0 saturated carbocycles. The SMILES string of the molecule is CCCc1ncncc1C(=O)N1C[C@H](N)C[C@H]1C(=O)NC. The van der Waals surface area contributed by atoms with Crippen molar-refractivity contribution in [2.45, 2.75) is 38.3 Å². The van der Waals surface area contributed by atoms with Crippen LogP contribution in [0.4, 0.5) is 0 Å². The minimum atomic E-state index is -0.521. The van der Waals surface area contributed by atoms with Gasteiger partial charge in [-0.2, -0.15) is 0 Å². The number of carbonyl (C=O) groups excluding carboxylic acids is 2. The smallest absolute Gasteiger partial charge is 0.258 e. The second kappa shape index (κ2) is 6.62. The zero-order valence-corrected chi connectivity index (χ0v) is 12.4. The molecule has 7 heteroatoms. The molecule has 1 aromatic rings. The Balaban J connectivity index is 2.28. The molecule has 21 heavy (non-hydrogen) atoms. The van der Waals surface area contributed by atoms with E-state index in [2.05, 4.69) is 15.3 Å². The fraction of sp³-hybridized carbons (Fsp3) is 0.571. The summed E-state index contributed by atoms with van der Waals surface area (Å²) in [7, 11) is 1.56. The van der Waals surface area contributed by atoms with Crippen LogP contribution in [0.1, 0.15) is 35.8 Å². The summed E-state index contributed by atoms with van der Waals surface area (Å²) in [6.07, 6.45) is 5.02. The van der Waals surface area contributed by atoms with Crippen molar-refractivity contribution in [3.05, 3.63) is 23.8 Å². The first-order valence-electron chi connectivity index (χ1n) is 7.15. The summed E-state index contributed by atoms with van der Waals surface area (Å²) < 4.78 is 0. The molecular weight excluding hydrogens is 270 g/mol. The van der Waals surface area contributed by atoms with Crippen LogP contribution < -0.4 is 11.1 Å². The van der Waals surface area contributed by atoms with Crippen molar-refractivity contribution in [1.29, 1.82) is 0 Å². The van der Waals surface area contributed by atoms with Crippen molar-refractivity contribution in [2.24, 2.45) is 5.73 Å². The lowest BCUT2D eigenvalue weighted by molar-refractivity contribution is -0.124. The van der Waals surface area contributed by atoms with Crippen molar-refractivity contribution >= 4 is 11.8 Å². The molecule has 0 spiro atoms. The van der Waals surface area contributed by atoms with Gasteiger partial charge in [-0.05, 0) is 12.8 Å². The highest BCUT2D eigenvalue weighted by atomic mass is 16.2. The van der Waals surface area contributed by atoms with Gasteiger partial charge in [-0.15, -0.1) is 0 Å². The molecule has 7 nitrogen and oxygen atoms in total. The summed E-state index contributed by atoms with van der Waals surface area (Å²) >= 11 is 0. The Hall–Kier alpha value is -2.02. The first-order chi connectivity index (χ1) is 10.1. The first-order valence-corrected chi connectivity index (χ1v) is 7.15. The fourth-order valence-corrected chi connectivity index (χ4v) is 2.63. The Labute approximate surface area is 123 Å². The van der Waals surface area contributed by atoms with Gasteiger partial charge in [0.05, 0.1) is 11.3 Å². The van der Waals surface area contributed by atoms with E-state index in [-0.39, 0.29) is 17.9 Å². The molecule has 3 N–H and O–H groups in total. The van der Waals surface area contributed by atoms with Crippen molar-refractivity contribution in [3.63, 3.8) is 0 Å². The maximum Gasteiger partial charge on any atom is 0.258 e. The van der Waals surface area contributed by atoms with Gasteiger partial charge in [0, 0.05) is 25.8 Å². The molecule has 1 aliphatic rings. The second-order valence-corrected chi connectivity index (χ2v) is 5.22. The molecule has 2 heterocycles. The van der Waals surface area contributed by atoms with E-state index in [9.17, 15) is 9.59 Å². The number of aromatic nitrogens is 2. The number of carbonyl (C=O) groups is 2. The fourth-order valence-electron chi connectivity index (χ4n) is 2.63. The number of hydrogen-bond acceptors (Lipinski definition) is 5. The summed E-state index contributed by atoms with van der Waals surface area (Å²) in [6, 6.07) is -0.706. The van der Waals surface area contributed by atoms with Gasteiger partial charge in [-0.3, -0.25) is 9.59 Å². The molecule has 1 aliphatic heterocycles. The van der Waals surface area contributed by atoms with Crippen molar-refractivity contribution < 1.29 is 9.59 Å². The van der Waals surface area contributed by atoms with Gasteiger partial charge in [0.1, 0.15) is 12.4 Å². The minimum absolute atomic E-state index is 0.185. The Morgan fingerprint density at radius 1 is 1.52 bits per heavy atom. The van der Waals surface area contributed by atoms with Crippen LogP contribution in [0.15, 0.2) is 12.5 Å². The Kier molecular flexibility index (Phi) is 4.85. The van der Waals surface area contributed by atoms with Crippen LogP contribution in [0.2, 0.25) is 0 Å². The van der Waals surface area contributed by atoms with Crippen LogP contribution in [-0.2, 0) is 11.2 Å². The Morgan fingerprint density at radius 3 is 2.95 bits per heavy atom. The first kappa shape index (κ1) is 15.4. The lowest BCUT2D eigenvalue weighted by Crippen LogP contribution is -2.45. The minimum Gasteiger partial charge on any atom is -0.357 e. The third-order valence-electron chi connectivity index (χ3n) is 3.66. The molecule has 2 amide bonds. The van der Waals surface area contributed by atoms with Gasteiger partial charge in [0.2, 0.25) is 5.91 Å². The van der Waals surface area contributed by atoms with Crippen LogP contribution in [0.5, 0.6) is 0 Å². The number of nitrogens with zero attached hydrogens (tertiary/aromatic N) is 3. The monoisotopic (exact) mass is 291 g/mol. The normalized spacial score (nSPS) is 21.4. The molecular formula is C14H21N5O2. The molecule has 2 rings (SSSR count). The maximum absolute atomic E-state index is 12.7. The highest BCUT2D eigenvalue weighted by Crippen LogP contribution is 2.21. The van der Waals surface area contributed by atoms with Gasteiger partial charge in [-0.1, -0.05) is 13.3 Å². The summed E-state index contributed by atoms with van der Waals surface area (Å²) in [5, 5.41) is 2.58. The predicted molar refractivity (Wildman–Crippen MR) is 77.5 cm³/mol. The van der Waals surface area contributed by atoms with Crippen LogP contribution in [0.3, 0.4) is 0 Å². The summed E-state index contributed by atoms with van der Waals surface area (Å²) in [5.74, 6) is -0.411. The lowest BCUT2D eigenvalue weighted by Gasteiger charge is -2.23. The van der Waals surface area contributed by atoms with Gasteiger partial charge in [0.15, 0.2) is 0 Å². The second-order valence-electron chi connectivity index (χ2n) is 5.22. The summed E-state index contributed by atoms with van der Waals surface area (Å²) in [6.45, 7) is 2.40. The van der Waals surface area contributed by atoms with E-state index in [1.807, 2.05) is 6.92 Å². The molecule has 0 aliphatic carbocycles. The molecule has 2 atom stereocenters. The van der Waals surface area contributed by atoms with Crippen molar-refractivity contribution in [1.82, 2.24) is 20.2 Å². The molecule has 114 valence electrons. The van der Waals surface area contributed by atoms with Crippen LogP contribution >= 0.6 is 0 Å². The molecule has 0 unspecified atom stereocenters. The zero-order valence-electron chi connectivity index (χ0n) is 12.4. The number of hydrogen-bond donors (Lipinski definition) is 2. The van der Waals surface area contributed by atoms with E-state index in [0.717, 1.165) is 6.42 Å². The van der Waals surface area contributed by atoms with E-state index in [0.29, 0.717) is 30.6 Å². The van der Waals surface area contributed by atoms with E-state index in [1.54, 1.807) is 7.05 Å². The highest BCUT2D eigenvalue weighted by Gasteiger charge is 2.38. The van der Waals surface area contributed by atoms with E-state index < -0.39 is 6.04 Å². The van der Waals surface area contributed by atoms with Gasteiger partial charge < -0.3 is 16.0 Å². The van der Waals surface area contributed by atoms with Crippen LogP contribution in [0.25, 0.3) is 0 Å². The number of aryl methyl sites for hydroxylation is 1. The zero-order chi connectivity index (χ0) is 15.4. The average molecular weight is 291 g/mol. The van der Waals surface area contributed by atoms with Crippen molar-refractivity contribution in [2.75, 3.05) is 13.6 Å². The number of rotatable bonds is 4. The van der Waals surface area contributed by atoms with E-state index in [1.165, 1.54) is 17.4 Å². The van der Waals surface area contributed by atoms with E-state index in [4.69, 9.17) is 5.73 Å². The molecule has 0 radical (unpaired) electrons. The molecule has 1 saturated heterocycles. The molecule has 0 aromatic carbocycles. The third-order valence-corrected chi connectivity index (χ3v) is 3.66. The summed E-state index contributed by atoms with van der Waals surface area (Å²) in [5.41, 5.74) is 7.09. The molecule has 1 aromatic heterocycles. The standard InChI is InChI=1S/C14H21N5O2/c1-3-4-11-10(6-17-8-18-11)14(21)19-7-9(15)5-12(19)13(20)16-2/h6,8-9,12H,3-5,7,15H2,1-2H3,(H,16,20)/t9-,12+/m1/s1. The number of likely N-dealkylation sites (N-methyl/N-ethyl adjacent to an activating group) is 1. The van der Waals surface area contributed by atoms with Gasteiger partial charge >= 0.3 is 0 Å². The predicted octanol–water partition coefficient (Wildman–Crippen LogP) is -0.283. The average Bonchev–Trinajstić information content (AvgIpc) is 2.88.